The molecular formula is C21H21FN2O. The summed E-state index contributed by atoms with van der Waals surface area (Å²) >= 11 is 0. The van der Waals surface area contributed by atoms with Crippen LogP contribution < -0.4 is 5.32 Å². The van der Waals surface area contributed by atoms with Crippen molar-refractivity contribution in [2.45, 2.75) is 26.7 Å². The van der Waals surface area contributed by atoms with E-state index in [1.54, 1.807) is 18.3 Å². The highest BCUT2D eigenvalue weighted by Crippen LogP contribution is 2.30. The molecule has 3 rings (SSSR count). The summed E-state index contributed by atoms with van der Waals surface area (Å²) in [7, 11) is 0. The van der Waals surface area contributed by atoms with Crippen LogP contribution in [0.3, 0.4) is 0 Å². The molecule has 0 saturated heterocycles. The first-order valence-electron chi connectivity index (χ1n) is 8.36. The van der Waals surface area contributed by atoms with Crippen molar-refractivity contribution >= 4 is 29.5 Å². The van der Waals surface area contributed by atoms with E-state index in [0.717, 1.165) is 40.7 Å². The maximum absolute atomic E-state index is 13.5. The molecule has 128 valence electrons. The number of amides is 1. The zero-order valence-corrected chi connectivity index (χ0v) is 14.5. The minimum atomic E-state index is -0.256. The van der Waals surface area contributed by atoms with E-state index in [4.69, 9.17) is 0 Å². The molecule has 2 aromatic rings. The summed E-state index contributed by atoms with van der Waals surface area (Å²) in [5.74, 6) is 0.432. The van der Waals surface area contributed by atoms with Gasteiger partial charge < -0.3 is 5.32 Å². The number of hydrogen-bond donors (Lipinski definition) is 1. The lowest BCUT2D eigenvalue weighted by Gasteiger charge is -2.10. The van der Waals surface area contributed by atoms with Gasteiger partial charge in [-0.1, -0.05) is 18.7 Å². The van der Waals surface area contributed by atoms with Crippen molar-refractivity contribution in [2.75, 3.05) is 5.32 Å². The fourth-order valence-corrected chi connectivity index (χ4v) is 2.75. The third kappa shape index (κ3) is 4.02. The van der Waals surface area contributed by atoms with E-state index >= 15 is 0 Å². The van der Waals surface area contributed by atoms with E-state index in [2.05, 4.69) is 16.9 Å². The van der Waals surface area contributed by atoms with E-state index in [1.165, 1.54) is 12.1 Å². The van der Waals surface area contributed by atoms with Crippen LogP contribution in [-0.2, 0) is 4.79 Å². The van der Waals surface area contributed by atoms with Gasteiger partial charge in [0.05, 0.1) is 0 Å². The van der Waals surface area contributed by atoms with Crippen molar-refractivity contribution in [3.63, 3.8) is 0 Å². The zero-order valence-electron chi connectivity index (χ0n) is 14.5. The number of halogens is 1. The van der Waals surface area contributed by atoms with Gasteiger partial charge in [-0.05, 0) is 73.2 Å². The lowest BCUT2D eigenvalue weighted by Crippen LogP contribution is -2.14. The Bertz CT molecular complexity index is 866. The summed E-state index contributed by atoms with van der Waals surface area (Å²) in [6.07, 6.45) is 7.29. The van der Waals surface area contributed by atoms with Gasteiger partial charge in [-0.15, -0.1) is 0 Å². The van der Waals surface area contributed by atoms with Gasteiger partial charge in [0.1, 0.15) is 11.6 Å². The molecule has 4 heteroatoms. The van der Waals surface area contributed by atoms with Crippen molar-refractivity contribution in [1.29, 1.82) is 0 Å². The highest BCUT2D eigenvalue weighted by Gasteiger charge is 2.29. The molecule has 0 atom stereocenters. The van der Waals surface area contributed by atoms with Gasteiger partial charge in [-0.3, -0.25) is 4.79 Å². The number of allylic oxidation sites excluding steroid dienone is 1. The van der Waals surface area contributed by atoms with Gasteiger partial charge in [-0.2, -0.15) is 0 Å². The Balaban J connectivity index is 1.89. The second-order valence-corrected chi connectivity index (χ2v) is 6.45. The number of nitrogens with zero attached hydrogens (tertiary/aromatic N) is 1. The van der Waals surface area contributed by atoms with Crippen LogP contribution in [-0.4, -0.2) is 10.9 Å². The normalized spacial score (nSPS) is 14.3. The number of benzene rings is 1. The molecule has 0 radical (unpaired) electrons. The molecule has 1 amide bonds. The van der Waals surface area contributed by atoms with Crippen molar-refractivity contribution in [3.05, 3.63) is 65.1 Å². The average Bonchev–Trinajstić information content (AvgIpc) is 3.43. The first-order valence-corrected chi connectivity index (χ1v) is 8.36. The summed E-state index contributed by atoms with van der Waals surface area (Å²) in [5, 5.41) is 2.84. The van der Waals surface area contributed by atoms with Crippen LogP contribution in [0.2, 0.25) is 0 Å². The van der Waals surface area contributed by atoms with Crippen LogP contribution in [0.4, 0.5) is 10.2 Å². The van der Waals surface area contributed by atoms with Crippen molar-refractivity contribution in [2.24, 2.45) is 5.92 Å². The van der Waals surface area contributed by atoms with Gasteiger partial charge in [-0.25, -0.2) is 9.37 Å². The molecule has 25 heavy (non-hydrogen) atoms. The number of nitrogens with one attached hydrogen (secondary N) is 1. The zero-order chi connectivity index (χ0) is 18.0. The highest BCUT2D eigenvalue weighted by atomic mass is 19.1. The van der Waals surface area contributed by atoms with Crippen molar-refractivity contribution in [1.82, 2.24) is 4.98 Å². The second-order valence-electron chi connectivity index (χ2n) is 6.45. The first-order chi connectivity index (χ1) is 12.0. The fourth-order valence-electron chi connectivity index (χ4n) is 2.75. The SMILES string of the molecule is C=Cc1cc(NC(=O)C2CC2)ncc1/C=C(\C)c1cc(F)ccc1C. The number of anilines is 1. The third-order valence-electron chi connectivity index (χ3n) is 4.38. The minimum absolute atomic E-state index is 0.0253. The second kappa shape index (κ2) is 7.01. The Morgan fingerprint density at radius 2 is 2.08 bits per heavy atom. The number of hydrogen-bond acceptors (Lipinski definition) is 2. The Kier molecular flexibility index (Phi) is 4.79. The fraction of sp³-hybridized carbons (Fsp3) is 0.238. The van der Waals surface area contributed by atoms with Gasteiger partial charge in [0.25, 0.3) is 0 Å². The molecule has 1 heterocycles. The lowest BCUT2D eigenvalue weighted by atomic mass is 9.98. The molecule has 1 aromatic carbocycles. The van der Waals surface area contributed by atoms with Crippen LogP contribution in [0.1, 0.15) is 42.0 Å². The molecular weight excluding hydrogens is 315 g/mol. The predicted octanol–water partition coefficient (Wildman–Crippen LogP) is 5.08. The molecule has 1 aromatic heterocycles. The van der Waals surface area contributed by atoms with E-state index in [9.17, 15) is 9.18 Å². The monoisotopic (exact) mass is 336 g/mol. The number of carbonyl (C=O) groups is 1. The van der Waals surface area contributed by atoms with Gasteiger partial charge in [0.15, 0.2) is 0 Å². The largest absolute Gasteiger partial charge is 0.310 e. The number of aromatic nitrogens is 1. The first kappa shape index (κ1) is 17.1. The summed E-state index contributed by atoms with van der Waals surface area (Å²) in [5.41, 5.74) is 4.56. The molecule has 0 spiro atoms. The third-order valence-corrected chi connectivity index (χ3v) is 4.38. The molecule has 1 saturated carbocycles. The van der Waals surface area contributed by atoms with Gasteiger partial charge in [0.2, 0.25) is 5.91 Å². The van der Waals surface area contributed by atoms with Crippen LogP contribution >= 0.6 is 0 Å². The van der Waals surface area contributed by atoms with Crippen LogP contribution in [0.5, 0.6) is 0 Å². The molecule has 1 N–H and O–H groups in total. The molecule has 0 aliphatic heterocycles. The molecule has 1 fully saturated rings. The van der Waals surface area contributed by atoms with E-state index < -0.39 is 0 Å². The standard InChI is InChI=1S/C21H21FN2O/c1-4-15-10-20(24-21(25)16-6-7-16)23-12-17(15)9-14(3)19-11-18(22)8-5-13(19)2/h4-5,8-12,16H,1,6-7H2,2-3H3,(H,23,24,25)/b14-9+. The number of rotatable bonds is 5. The average molecular weight is 336 g/mol. The molecule has 1 aliphatic rings. The van der Waals surface area contributed by atoms with Crippen LogP contribution in [0.15, 0.2) is 37.0 Å². The molecule has 0 unspecified atom stereocenters. The molecule has 3 nitrogen and oxygen atoms in total. The number of carbonyl (C=O) groups excluding carboxylic acids is 1. The minimum Gasteiger partial charge on any atom is -0.310 e. The summed E-state index contributed by atoms with van der Waals surface area (Å²) in [4.78, 5) is 16.2. The summed E-state index contributed by atoms with van der Waals surface area (Å²) in [6.45, 7) is 7.74. The van der Waals surface area contributed by atoms with Crippen molar-refractivity contribution < 1.29 is 9.18 Å². The summed E-state index contributed by atoms with van der Waals surface area (Å²) in [6, 6.07) is 6.57. The quantitative estimate of drug-likeness (QED) is 0.827. The predicted molar refractivity (Wildman–Crippen MR) is 100 cm³/mol. The van der Waals surface area contributed by atoms with Gasteiger partial charge in [0, 0.05) is 17.7 Å². The van der Waals surface area contributed by atoms with Crippen LogP contribution in [0, 0.1) is 18.7 Å². The lowest BCUT2D eigenvalue weighted by molar-refractivity contribution is -0.117. The maximum Gasteiger partial charge on any atom is 0.228 e. The van der Waals surface area contributed by atoms with Gasteiger partial charge >= 0.3 is 0 Å². The topological polar surface area (TPSA) is 42.0 Å². The van der Waals surface area contributed by atoms with Crippen LogP contribution in [0.25, 0.3) is 17.7 Å². The van der Waals surface area contributed by atoms with E-state index in [-0.39, 0.29) is 17.6 Å². The van der Waals surface area contributed by atoms with E-state index in [1.807, 2.05) is 26.0 Å². The molecule has 1 aliphatic carbocycles. The number of aryl methyl sites for hydroxylation is 1. The maximum atomic E-state index is 13.5. The Morgan fingerprint density at radius 1 is 1.32 bits per heavy atom. The summed E-state index contributed by atoms with van der Waals surface area (Å²) < 4.78 is 13.5. The Labute approximate surface area is 147 Å². The van der Waals surface area contributed by atoms with E-state index in [0.29, 0.717) is 5.82 Å². The highest BCUT2D eigenvalue weighted by molar-refractivity contribution is 5.93. The molecule has 0 bridgehead atoms. The Morgan fingerprint density at radius 3 is 2.76 bits per heavy atom. The Hall–Kier alpha value is -2.75. The smallest absolute Gasteiger partial charge is 0.228 e. The number of pyridine rings is 1. The van der Waals surface area contributed by atoms with Crippen molar-refractivity contribution in [3.8, 4) is 0 Å².